The second-order valence-corrected chi connectivity index (χ2v) is 8.65. The molecule has 1 unspecified atom stereocenters. The van der Waals surface area contributed by atoms with Crippen LogP contribution in [-0.4, -0.2) is 45.5 Å². The van der Waals surface area contributed by atoms with Crippen LogP contribution in [0.15, 0.2) is 54.6 Å². The van der Waals surface area contributed by atoms with E-state index in [4.69, 9.17) is 9.84 Å². The Morgan fingerprint density at radius 3 is 2.31 bits per heavy atom. The molecule has 0 radical (unpaired) electrons. The van der Waals surface area contributed by atoms with Crippen LogP contribution in [0, 0.1) is 0 Å². The van der Waals surface area contributed by atoms with Gasteiger partial charge in [0.1, 0.15) is 12.3 Å². The maximum Gasteiger partial charge on any atom is 0.407 e. The minimum atomic E-state index is -1.12. The zero-order chi connectivity index (χ0) is 24.9. The topological polar surface area (TPSA) is 123 Å². The summed E-state index contributed by atoms with van der Waals surface area (Å²) < 4.78 is 6.75. The SMILES string of the molecule is CC(CCCC(=O)Nc1cc(C(=O)O)n(C)n1)NC(=O)OCC1c2ccccc2-c2ccccc21. The molecule has 2 aromatic carbocycles. The van der Waals surface area contributed by atoms with E-state index in [1.165, 1.54) is 28.9 Å². The number of carboxylic acid groups (broad SMARTS) is 1. The summed E-state index contributed by atoms with van der Waals surface area (Å²) in [5, 5.41) is 18.4. The van der Waals surface area contributed by atoms with Gasteiger partial charge in [-0.05, 0) is 42.0 Å². The third-order valence-electron chi connectivity index (χ3n) is 6.12. The zero-order valence-corrected chi connectivity index (χ0v) is 19.7. The number of ether oxygens (including phenoxy) is 1. The maximum atomic E-state index is 12.4. The second-order valence-electron chi connectivity index (χ2n) is 8.65. The van der Waals surface area contributed by atoms with E-state index in [-0.39, 0.29) is 42.4 Å². The Balaban J connectivity index is 1.21. The standard InChI is InChI=1S/C26H28N4O5/c1-16(8-7-13-24(31)28-23-14-22(25(32)33)30(2)29-23)27-26(34)35-15-21-19-11-5-3-9-17(19)18-10-4-6-12-20(18)21/h3-6,9-12,14,16,21H,7-8,13,15H2,1-2H3,(H,27,34)(H,32,33)(H,28,29,31). The lowest BCUT2D eigenvalue weighted by Gasteiger charge is -2.17. The molecule has 1 atom stereocenters. The van der Waals surface area contributed by atoms with Crippen LogP contribution in [0.2, 0.25) is 0 Å². The highest BCUT2D eigenvalue weighted by atomic mass is 16.5. The third-order valence-corrected chi connectivity index (χ3v) is 6.12. The maximum absolute atomic E-state index is 12.4. The van der Waals surface area contributed by atoms with Crippen LogP contribution in [0.1, 0.15) is 53.7 Å². The Kier molecular flexibility index (Phi) is 7.14. The third kappa shape index (κ3) is 5.51. The van der Waals surface area contributed by atoms with Crippen LogP contribution < -0.4 is 10.6 Å². The monoisotopic (exact) mass is 476 g/mol. The minimum Gasteiger partial charge on any atom is -0.477 e. The van der Waals surface area contributed by atoms with Crippen molar-refractivity contribution < 1.29 is 24.2 Å². The summed E-state index contributed by atoms with van der Waals surface area (Å²) >= 11 is 0. The lowest BCUT2D eigenvalue weighted by Crippen LogP contribution is -2.34. The van der Waals surface area contributed by atoms with Crippen molar-refractivity contribution in [3.8, 4) is 11.1 Å². The molecule has 0 saturated heterocycles. The fourth-order valence-corrected chi connectivity index (χ4v) is 4.42. The van der Waals surface area contributed by atoms with E-state index in [0.29, 0.717) is 12.8 Å². The number of hydrogen-bond donors (Lipinski definition) is 3. The van der Waals surface area contributed by atoms with Crippen LogP contribution in [0.3, 0.4) is 0 Å². The van der Waals surface area contributed by atoms with E-state index in [1.807, 2.05) is 31.2 Å². The van der Waals surface area contributed by atoms with Crippen LogP contribution in [0.25, 0.3) is 11.1 Å². The molecule has 9 nitrogen and oxygen atoms in total. The number of aryl methyl sites for hydroxylation is 1. The summed E-state index contributed by atoms with van der Waals surface area (Å²) in [5.41, 5.74) is 4.65. The number of benzene rings is 2. The Morgan fingerprint density at radius 1 is 1.09 bits per heavy atom. The van der Waals surface area contributed by atoms with Crippen LogP contribution >= 0.6 is 0 Å². The molecule has 3 N–H and O–H groups in total. The van der Waals surface area contributed by atoms with Crippen LogP contribution in [0.4, 0.5) is 10.6 Å². The summed E-state index contributed by atoms with van der Waals surface area (Å²) in [6.45, 7) is 2.11. The van der Waals surface area contributed by atoms with Gasteiger partial charge >= 0.3 is 12.1 Å². The van der Waals surface area contributed by atoms with Gasteiger partial charge in [-0.15, -0.1) is 0 Å². The van der Waals surface area contributed by atoms with Crippen molar-refractivity contribution in [3.05, 3.63) is 71.4 Å². The lowest BCUT2D eigenvalue weighted by atomic mass is 9.98. The highest BCUT2D eigenvalue weighted by Gasteiger charge is 2.29. The van der Waals surface area contributed by atoms with Crippen molar-refractivity contribution in [1.82, 2.24) is 15.1 Å². The molecule has 0 aliphatic heterocycles. The molecule has 35 heavy (non-hydrogen) atoms. The normalized spacial score (nSPS) is 13.0. The van der Waals surface area contributed by atoms with Crippen molar-refractivity contribution in [3.63, 3.8) is 0 Å². The predicted molar refractivity (Wildman–Crippen MR) is 130 cm³/mol. The van der Waals surface area contributed by atoms with E-state index >= 15 is 0 Å². The average molecular weight is 477 g/mol. The molecular formula is C26H28N4O5. The Hall–Kier alpha value is -4.14. The Bertz CT molecular complexity index is 1210. The van der Waals surface area contributed by atoms with Gasteiger partial charge in [-0.1, -0.05) is 48.5 Å². The number of aromatic nitrogens is 2. The summed E-state index contributed by atoms with van der Waals surface area (Å²) in [6, 6.07) is 17.5. The first-order chi connectivity index (χ1) is 16.8. The molecule has 182 valence electrons. The number of aromatic carboxylic acids is 1. The summed E-state index contributed by atoms with van der Waals surface area (Å²) in [7, 11) is 1.50. The van der Waals surface area contributed by atoms with Gasteiger partial charge in [-0.2, -0.15) is 5.10 Å². The number of alkyl carbamates (subject to hydrolysis) is 1. The number of amides is 2. The number of carbonyl (C=O) groups excluding carboxylic acids is 2. The second kappa shape index (κ2) is 10.4. The van der Waals surface area contributed by atoms with E-state index in [9.17, 15) is 14.4 Å². The number of carbonyl (C=O) groups is 3. The molecule has 0 fully saturated rings. The molecule has 0 saturated carbocycles. The number of hydrogen-bond acceptors (Lipinski definition) is 5. The van der Waals surface area contributed by atoms with Gasteiger partial charge in [-0.25, -0.2) is 9.59 Å². The van der Waals surface area contributed by atoms with Gasteiger partial charge in [0.05, 0.1) is 0 Å². The number of fused-ring (bicyclic) bond motifs is 3. The quantitative estimate of drug-likeness (QED) is 0.426. The van der Waals surface area contributed by atoms with Crippen molar-refractivity contribution in [2.75, 3.05) is 11.9 Å². The summed E-state index contributed by atoms with van der Waals surface area (Å²) in [5.74, 6) is -1.19. The van der Waals surface area contributed by atoms with Crippen molar-refractivity contribution in [2.45, 2.75) is 38.1 Å². The molecule has 1 aliphatic carbocycles. The van der Waals surface area contributed by atoms with Gasteiger partial charge in [0, 0.05) is 31.5 Å². The molecule has 1 heterocycles. The number of rotatable bonds is 9. The van der Waals surface area contributed by atoms with Gasteiger partial charge in [-0.3, -0.25) is 9.48 Å². The minimum absolute atomic E-state index is 0.000362. The highest BCUT2D eigenvalue weighted by Crippen LogP contribution is 2.44. The van der Waals surface area contributed by atoms with Gasteiger partial charge < -0.3 is 20.5 Å². The smallest absolute Gasteiger partial charge is 0.407 e. The number of anilines is 1. The number of nitrogens with zero attached hydrogens (tertiary/aromatic N) is 2. The van der Waals surface area contributed by atoms with Crippen molar-refractivity contribution in [2.24, 2.45) is 7.05 Å². The van der Waals surface area contributed by atoms with Gasteiger partial charge in [0.15, 0.2) is 5.82 Å². The molecule has 9 heteroatoms. The molecule has 0 spiro atoms. The Morgan fingerprint density at radius 2 is 1.71 bits per heavy atom. The van der Waals surface area contributed by atoms with E-state index in [0.717, 1.165) is 11.1 Å². The fourth-order valence-electron chi connectivity index (χ4n) is 4.42. The largest absolute Gasteiger partial charge is 0.477 e. The highest BCUT2D eigenvalue weighted by molar-refractivity contribution is 5.92. The zero-order valence-electron chi connectivity index (χ0n) is 19.7. The molecule has 4 rings (SSSR count). The number of nitrogens with one attached hydrogen (secondary N) is 2. The van der Waals surface area contributed by atoms with E-state index in [2.05, 4.69) is 40.0 Å². The van der Waals surface area contributed by atoms with E-state index in [1.54, 1.807) is 0 Å². The van der Waals surface area contributed by atoms with Crippen LogP contribution in [0.5, 0.6) is 0 Å². The Labute approximate surface area is 203 Å². The first-order valence-corrected chi connectivity index (χ1v) is 11.5. The van der Waals surface area contributed by atoms with Gasteiger partial charge in [0.2, 0.25) is 5.91 Å². The van der Waals surface area contributed by atoms with Crippen molar-refractivity contribution in [1.29, 1.82) is 0 Å². The summed E-state index contributed by atoms with van der Waals surface area (Å²) in [4.78, 5) is 35.6. The molecule has 2 amide bonds. The molecule has 1 aromatic heterocycles. The van der Waals surface area contributed by atoms with E-state index < -0.39 is 12.1 Å². The van der Waals surface area contributed by atoms with Crippen LogP contribution in [-0.2, 0) is 16.6 Å². The molecular weight excluding hydrogens is 448 g/mol. The lowest BCUT2D eigenvalue weighted by molar-refractivity contribution is -0.116. The average Bonchev–Trinajstić information content (AvgIpc) is 3.35. The molecule has 1 aliphatic rings. The summed E-state index contributed by atoms with van der Waals surface area (Å²) in [6.07, 6.45) is 0.851. The molecule has 0 bridgehead atoms. The fraction of sp³-hybridized carbons (Fsp3) is 0.308. The molecule has 3 aromatic rings. The number of carboxylic acids is 1. The predicted octanol–water partition coefficient (Wildman–Crippen LogP) is 4.15. The first kappa shape index (κ1) is 24.0. The van der Waals surface area contributed by atoms with Gasteiger partial charge in [0.25, 0.3) is 0 Å². The van der Waals surface area contributed by atoms with Crippen molar-refractivity contribution >= 4 is 23.8 Å². The first-order valence-electron chi connectivity index (χ1n) is 11.5.